The van der Waals surface area contributed by atoms with Crippen LogP contribution in [0.25, 0.3) is 0 Å². The lowest BCUT2D eigenvalue weighted by Crippen LogP contribution is -2.12. The minimum Gasteiger partial charge on any atom is -0.0776 e. The van der Waals surface area contributed by atoms with Crippen LogP contribution in [-0.2, 0) is 0 Å². The third-order valence-corrected chi connectivity index (χ3v) is 6.77. The first-order valence-electron chi connectivity index (χ1n) is 13.3. The molecule has 0 bridgehead atoms. The summed E-state index contributed by atoms with van der Waals surface area (Å²) in [5, 5.41) is 0. The van der Waals surface area contributed by atoms with E-state index in [4.69, 9.17) is 0 Å². The van der Waals surface area contributed by atoms with Gasteiger partial charge in [-0.1, -0.05) is 172 Å². The summed E-state index contributed by atoms with van der Waals surface area (Å²) >= 11 is 0. The first kappa shape index (κ1) is 39.4. The van der Waals surface area contributed by atoms with Crippen molar-refractivity contribution in [2.45, 2.75) is 143 Å². The van der Waals surface area contributed by atoms with Gasteiger partial charge in [0.25, 0.3) is 0 Å². The zero-order chi connectivity index (χ0) is 24.4. The van der Waals surface area contributed by atoms with Crippen molar-refractivity contribution in [1.29, 1.82) is 0 Å². The Bertz CT molecular complexity index is 459. The Morgan fingerprint density at radius 1 is 0.636 bits per heavy atom. The molecule has 33 heavy (non-hydrogen) atoms. The third-order valence-electron chi connectivity index (χ3n) is 6.77. The molecule has 0 aromatic heterocycles. The first-order valence-corrected chi connectivity index (χ1v) is 13.3. The molecule has 0 amide bonds. The van der Waals surface area contributed by atoms with Gasteiger partial charge in [0.15, 0.2) is 0 Å². The van der Waals surface area contributed by atoms with Crippen molar-refractivity contribution in [1.82, 2.24) is 0 Å². The molecule has 0 aliphatic heterocycles. The fourth-order valence-electron chi connectivity index (χ4n) is 2.01. The number of benzene rings is 1. The van der Waals surface area contributed by atoms with E-state index in [9.17, 15) is 0 Å². The van der Waals surface area contributed by atoms with Gasteiger partial charge in [-0.05, 0) is 41.9 Å². The van der Waals surface area contributed by atoms with Crippen molar-refractivity contribution in [3.63, 3.8) is 0 Å². The smallest absolute Gasteiger partial charge is 0.0360 e. The number of hydrogen-bond acceptors (Lipinski definition) is 0. The summed E-state index contributed by atoms with van der Waals surface area (Å²) in [6.45, 7) is 27.0. The maximum atomic E-state index is 2.36. The second kappa shape index (κ2) is 23.0. The molecule has 2 saturated carbocycles. The van der Waals surface area contributed by atoms with Crippen molar-refractivity contribution >= 4 is 0 Å². The van der Waals surface area contributed by atoms with Crippen molar-refractivity contribution in [3.8, 4) is 0 Å². The van der Waals surface area contributed by atoms with Gasteiger partial charge in [-0.3, -0.25) is 0 Å². The number of rotatable bonds is 1. The highest BCUT2D eigenvalue weighted by atomic mass is 14.2. The van der Waals surface area contributed by atoms with E-state index in [0.717, 1.165) is 29.6 Å². The lowest BCUT2D eigenvalue weighted by Gasteiger charge is -2.22. The van der Waals surface area contributed by atoms with Crippen LogP contribution in [0, 0.1) is 41.9 Å². The van der Waals surface area contributed by atoms with Crippen LogP contribution in [0.4, 0.5) is 0 Å². The zero-order valence-electron chi connectivity index (χ0n) is 23.7. The molecule has 0 unspecified atom stereocenters. The van der Waals surface area contributed by atoms with Crippen molar-refractivity contribution < 1.29 is 0 Å². The summed E-state index contributed by atoms with van der Waals surface area (Å²) in [6, 6.07) is 10.3. The summed E-state index contributed by atoms with van der Waals surface area (Å²) in [4.78, 5) is 0. The molecule has 0 spiro atoms. The third kappa shape index (κ3) is 33.5. The molecular formula is C33H68. The van der Waals surface area contributed by atoms with E-state index >= 15 is 0 Å². The Balaban J connectivity index is -0.000000158. The highest BCUT2D eigenvalue weighted by Gasteiger charge is 2.14. The van der Waals surface area contributed by atoms with E-state index in [0.29, 0.717) is 5.41 Å². The van der Waals surface area contributed by atoms with E-state index in [1.54, 1.807) is 0 Å². The zero-order valence-corrected chi connectivity index (χ0v) is 23.7. The molecule has 0 atom stereocenters. The van der Waals surface area contributed by atoms with Crippen LogP contribution in [0.5, 0.6) is 0 Å². The summed E-state index contributed by atoms with van der Waals surface area (Å²) in [5.74, 6) is 4.62. The summed E-state index contributed by atoms with van der Waals surface area (Å²) in [7, 11) is 0. The van der Waals surface area contributed by atoms with Crippen molar-refractivity contribution in [2.75, 3.05) is 0 Å². The second-order valence-electron chi connectivity index (χ2n) is 12.1. The van der Waals surface area contributed by atoms with Crippen LogP contribution in [0.15, 0.2) is 30.3 Å². The van der Waals surface area contributed by atoms with Gasteiger partial charge in [0.1, 0.15) is 0 Å². The quantitative estimate of drug-likeness (QED) is 0.387. The van der Waals surface area contributed by atoms with Crippen LogP contribution < -0.4 is 0 Å². The van der Waals surface area contributed by atoms with E-state index in [-0.39, 0.29) is 14.9 Å². The monoisotopic (exact) mass is 465 g/mol. The summed E-state index contributed by atoms with van der Waals surface area (Å²) in [6.07, 6.45) is 10.4. The predicted molar refractivity (Wildman–Crippen MR) is 159 cm³/mol. The Morgan fingerprint density at radius 3 is 1.09 bits per heavy atom. The van der Waals surface area contributed by atoms with Gasteiger partial charge in [-0.15, -0.1) is 0 Å². The normalized spacial score (nSPS) is 15.1. The number of hydrogen-bond donors (Lipinski definition) is 0. The van der Waals surface area contributed by atoms with Gasteiger partial charge in [-0.25, -0.2) is 0 Å². The fraction of sp³-hybridized carbons (Fsp3) is 0.818. The Kier molecular flexibility index (Phi) is 27.5. The maximum Gasteiger partial charge on any atom is -0.0360 e. The molecule has 0 N–H and O–H groups in total. The van der Waals surface area contributed by atoms with Crippen molar-refractivity contribution in [2.24, 2.45) is 35.0 Å². The Labute approximate surface area is 213 Å². The van der Waals surface area contributed by atoms with Gasteiger partial charge in [-0.2, -0.15) is 0 Å². The lowest BCUT2D eigenvalue weighted by atomic mass is 9.84. The molecule has 2 fully saturated rings. The van der Waals surface area contributed by atoms with Gasteiger partial charge in [0.2, 0.25) is 0 Å². The molecule has 2 aliphatic rings. The lowest BCUT2D eigenvalue weighted by molar-refractivity contribution is 0.283. The molecule has 2 aliphatic carbocycles. The standard InChI is InChI=1S/C7H14.C7H8.C7H16.C6H14.C4H8.2CH4/c2*1-7-5-3-2-4-6-7;1-6(2)7(3,4)5;1-5(2)6(3)4;1-4-2-3-4;;/h7H,2-6H2,1H3;2-6H,1H3;6H,1-5H3;5-6H,1-4H3;4H,2-3H2,1H3;2*1H4. The van der Waals surface area contributed by atoms with Crippen LogP contribution in [0.2, 0.25) is 0 Å². The van der Waals surface area contributed by atoms with Gasteiger partial charge < -0.3 is 0 Å². The Hall–Kier alpha value is -0.780. The molecular weight excluding hydrogens is 396 g/mol. The molecule has 1 aromatic rings. The van der Waals surface area contributed by atoms with E-state index < -0.39 is 0 Å². The summed E-state index contributed by atoms with van der Waals surface area (Å²) in [5.41, 5.74) is 1.82. The van der Waals surface area contributed by atoms with E-state index in [1.165, 1.54) is 50.5 Å². The largest absolute Gasteiger partial charge is 0.0776 e. The minimum absolute atomic E-state index is 0. The molecule has 0 radical (unpaired) electrons. The summed E-state index contributed by atoms with van der Waals surface area (Å²) < 4.78 is 0. The average Bonchev–Trinajstić information content (AvgIpc) is 3.46. The highest BCUT2D eigenvalue weighted by molar-refractivity contribution is 5.11. The molecule has 0 heteroatoms. The van der Waals surface area contributed by atoms with Crippen LogP contribution in [0.3, 0.4) is 0 Å². The van der Waals surface area contributed by atoms with Crippen molar-refractivity contribution in [3.05, 3.63) is 35.9 Å². The minimum atomic E-state index is 0. The molecule has 0 nitrogen and oxygen atoms in total. The average molecular weight is 465 g/mol. The van der Waals surface area contributed by atoms with Crippen LogP contribution in [0.1, 0.15) is 142 Å². The Morgan fingerprint density at radius 2 is 0.970 bits per heavy atom. The predicted octanol–water partition coefficient (Wildman–Crippen LogP) is 12.3. The molecule has 0 heterocycles. The molecule has 1 aromatic carbocycles. The molecule has 0 saturated heterocycles. The van der Waals surface area contributed by atoms with Gasteiger partial charge in [0.05, 0.1) is 0 Å². The molecule has 200 valence electrons. The first-order chi connectivity index (χ1) is 14.3. The van der Waals surface area contributed by atoms with Crippen LogP contribution >= 0.6 is 0 Å². The maximum absolute atomic E-state index is 2.36. The van der Waals surface area contributed by atoms with E-state index in [1.807, 2.05) is 18.2 Å². The van der Waals surface area contributed by atoms with Gasteiger partial charge >= 0.3 is 0 Å². The second-order valence-corrected chi connectivity index (χ2v) is 12.1. The SMILES string of the molecule is C.C.CC(C)C(C)(C)C.CC(C)C(C)C.CC1CC1.CC1CCCCC1.Cc1ccccc1. The van der Waals surface area contributed by atoms with Gasteiger partial charge in [0, 0.05) is 0 Å². The number of aryl methyl sites for hydroxylation is 1. The fourth-order valence-corrected chi connectivity index (χ4v) is 2.01. The van der Waals surface area contributed by atoms with Crippen LogP contribution in [-0.4, -0.2) is 0 Å². The topological polar surface area (TPSA) is 0 Å². The molecule has 3 rings (SSSR count). The highest BCUT2D eigenvalue weighted by Crippen LogP contribution is 2.26. The van der Waals surface area contributed by atoms with E-state index in [2.05, 4.69) is 95.2 Å².